The Morgan fingerprint density at radius 1 is 1.10 bits per heavy atom. The van der Waals surface area contributed by atoms with Gasteiger partial charge in [-0.2, -0.15) is 5.10 Å². The number of para-hydroxylation sites is 1. The van der Waals surface area contributed by atoms with Crippen LogP contribution in [0.4, 0.5) is 0 Å². The summed E-state index contributed by atoms with van der Waals surface area (Å²) in [4.78, 5) is 26.0. The van der Waals surface area contributed by atoms with Crippen LogP contribution in [0.15, 0.2) is 54.6 Å². The summed E-state index contributed by atoms with van der Waals surface area (Å²) in [5, 5.41) is 26.2. The molecule has 1 aromatic heterocycles. The van der Waals surface area contributed by atoms with Gasteiger partial charge in [-0.25, -0.2) is 4.79 Å². The Labute approximate surface area is 167 Å². The van der Waals surface area contributed by atoms with Crippen LogP contribution < -0.4 is 0 Å². The second-order valence-electron chi connectivity index (χ2n) is 7.20. The second kappa shape index (κ2) is 7.79. The Kier molecular flexibility index (Phi) is 5.03. The zero-order valence-corrected chi connectivity index (χ0v) is 15.7. The van der Waals surface area contributed by atoms with E-state index in [4.69, 9.17) is 0 Å². The van der Waals surface area contributed by atoms with E-state index in [0.717, 1.165) is 18.4 Å². The summed E-state index contributed by atoms with van der Waals surface area (Å²) in [6, 6.07) is 15.4. The predicted octanol–water partition coefficient (Wildman–Crippen LogP) is 3.50. The van der Waals surface area contributed by atoms with Crippen molar-refractivity contribution in [1.29, 1.82) is 0 Å². The molecule has 1 amide bonds. The number of likely N-dealkylation sites (tertiary alicyclic amines) is 1. The van der Waals surface area contributed by atoms with E-state index in [-0.39, 0.29) is 23.1 Å². The molecule has 1 aliphatic rings. The molecule has 0 aliphatic carbocycles. The standard InChI is InChI=1S/C22H21N3O4/c26-20-9-2-1-8-17(20)18-12-19(24-23-18)21(27)25-10-4-7-16(13-25)14-5-3-6-15(11-14)22(28)29/h1-3,5-6,8-9,11-12,16,26H,4,7,10,13H2,(H,23,24)(H,28,29)/t16-/m0/s1. The van der Waals surface area contributed by atoms with E-state index in [2.05, 4.69) is 10.2 Å². The van der Waals surface area contributed by atoms with Crippen molar-refractivity contribution >= 4 is 11.9 Å². The minimum atomic E-state index is -0.954. The molecule has 4 rings (SSSR count). The van der Waals surface area contributed by atoms with Crippen LogP contribution in [-0.2, 0) is 0 Å². The molecule has 148 valence electrons. The predicted molar refractivity (Wildman–Crippen MR) is 107 cm³/mol. The molecule has 29 heavy (non-hydrogen) atoms. The molecule has 1 saturated heterocycles. The number of nitrogens with one attached hydrogen (secondary N) is 1. The third kappa shape index (κ3) is 3.85. The van der Waals surface area contributed by atoms with Gasteiger partial charge in [0, 0.05) is 24.6 Å². The van der Waals surface area contributed by atoms with Crippen LogP contribution >= 0.6 is 0 Å². The number of carboxylic acids is 1. The van der Waals surface area contributed by atoms with Gasteiger partial charge in [-0.3, -0.25) is 9.89 Å². The first-order valence-corrected chi connectivity index (χ1v) is 9.49. The number of hydrogen-bond donors (Lipinski definition) is 3. The molecule has 2 heterocycles. The van der Waals surface area contributed by atoms with E-state index in [1.54, 1.807) is 53.4 Å². The highest BCUT2D eigenvalue weighted by Gasteiger charge is 2.27. The van der Waals surface area contributed by atoms with Crippen LogP contribution in [0.25, 0.3) is 11.3 Å². The Morgan fingerprint density at radius 3 is 2.72 bits per heavy atom. The van der Waals surface area contributed by atoms with Gasteiger partial charge in [-0.05, 0) is 48.7 Å². The van der Waals surface area contributed by atoms with Gasteiger partial charge in [0.2, 0.25) is 0 Å². The molecule has 0 saturated carbocycles. The number of H-pyrrole nitrogens is 1. The fourth-order valence-electron chi connectivity index (χ4n) is 3.79. The van der Waals surface area contributed by atoms with Gasteiger partial charge >= 0.3 is 5.97 Å². The number of piperidine rings is 1. The van der Waals surface area contributed by atoms with Crippen molar-refractivity contribution in [2.45, 2.75) is 18.8 Å². The Bertz CT molecular complexity index is 1060. The molecule has 1 aliphatic heterocycles. The quantitative estimate of drug-likeness (QED) is 0.631. The Morgan fingerprint density at radius 2 is 1.93 bits per heavy atom. The molecule has 2 aromatic carbocycles. The number of aromatic carboxylic acids is 1. The molecule has 0 radical (unpaired) electrons. The van der Waals surface area contributed by atoms with E-state index >= 15 is 0 Å². The van der Waals surface area contributed by atoms with Crippen LogP contribution in [0.1, 0.15) is 45.2 Å². The zero-order chi connectivity index (χ0) is 20.4. The number of benzene rings is 2. The van der Waals surface area contributed by atoms with E-state index in [0.29, 0.717) is 30.0 Å². The maximum absolute atomic E-state index is 13.0. The van der Waals surface area contributed by atoms with Crippen molar-refractivity contribution in [1.82, 2.24) is 15.1 Å². The highest BCUT2D eigenvalue weighted by Crippen LogP contribution is 2.30. The van der Waals surface area contributed by atoms with Gasteiger partial charge in [-0.15, -0.1) is 0 Å². The van der Waals surface area contributed by atoms with E-state index in [1.807, 2.05) is 6.07 Å². The van der Waals surface area contributed by atoms with Crippen molar-refractivity contribution in [3.8, 4) is 17.0 Å². The molecule has 3 aromatic rings. The molecule has 7 nitrogen and oxygen atoms in total. The lowest BCUT2D eigenvalue weighted by Crippen LogP contribution is -2.39. The molecule has 1 fully saturated rings. The lowest BCUT2D eigenvalue weighted by atomic mass is 9.89. The van der Waals surface area contributed by atoms with Gasteiger partial charge in [0.05, 0.1) is 11.3 Å². The summed E-state index contributed by atoms with van der Waals surface area (Å²) in [6.45, 7) is 1.16. The number of aromatic nitrogens is 2. The average molecular weight is 391 g/mol. The van der Waals surface area contributed by atoms with Gasteiger partial charge in [0.15, 0.2) is 0 Å². The van der Waals surface area contributed by atoms with Crippen molar-refractivity contribution in [3.63, 3.8) is 0 Å². The number of nitrogens with zero attached hydrogens (tertiary/aromatic N) is 2. The second-order valence-corrected chi connectivity index (χ2v) is 7.20. The number of carboxylic acid groups (broad SMARTS) is 1. The molecule has 7 heteroatoms. The number of phenols is 1. The summed E-state index contributed by atoms with van der Waals surface area (Å²) in [5.74, 6) is -0.912. The van der Waals surface area contributed by atoms with Crippen molar-refractivity contribution < 1.29 is 19.8 Å². The number of carbonyl (C=O) groups excluding carboxylic acids is 1. The number of carbonyl (C=O) groups is 2. The first kappa shape index (κ1) is 18.7. The topological polar surface area (TPSA) is 107 Å². The number of aromatic hydroxyl groups is 1. The SMILES string of the molecule is O=C(O)c1cccc([C@H]2CCCN(C(=O)c3cc(-c4ccccc4O)n[nH]3)C2)c1. The van der Waals surface area contributed by atoms with Gasteiger partial charge in [0.25, 0.3) is 5.91 Å². The largest absolute Gasteiger partial charge is 0.507 e. The normalized spacial score (nSPS) is 16.6. The Balaban J connectivity index is 1.52. The molecular formula is C22H21N3O4. The lowest BCUT2D eigenvalue weighted by molar-refractivity contribution is 0.0685. The van der Waals surface area contributed by atoms with Crippen LogP contribution in [0.3, 0.4) is 0 Å². The third-order valence-electron chi connectivity index (χ3n) is 5.30. The monoisotopic (exact) mass is 391 g/mol. The summed E-state index contributed by atoms with van der Waals surface area (Å²) >= 11 is 0. The van der Waals surface area contributed by atoms with Crippen molar-refractivity contribution in [2.24, 2.45) is 0 Å². The summed E-state index contributed by atoms with van der Waals surface area (Å²) in [5.41, 5.74) is 2.62. The number of phenolic OH excluding ortho intramolecular Hbond substituents is 1. The highest BCUT2D eigenvalue weighted by molar-refractivity contribution is 5.93. The minimum absolute atomic E-state index is 0.0903. The first-order chi connectivity index (χ1) is 14.0. The van der Waals surface area contributed by atoms with Crippen molar-refractivity contribution in [2.75, 3.05) is 13.1 Å². The summed E-state index contributed by atoms with van der Waals surface area (Å²) < 4.78 is 0. The molecule has 1 atom stereocenters. The highest BCUT2D eigenvalue weighted by atomic mass is 16.4. The van der Waals surface area contributed by atoms with Crippen LogP contribution in [0.5, 0.6) is 5.75 Å². The van der Waals surface area contributed by atoms with Crippen LogP contribution in [0.2, 0.25) is 0 Å². The fraction of sp³-hybridized carbons (Fsp3) is 0.227. The fourth-order valence-corrected chi connectivity index (χ4v) is 3.79. The maximum atomic E-state index is 13.0. The zero-order valence-electron chi connectivity index (χ0n) is 15.7. The smallest absolute Gasteiger partial charge is 0.335 e. The van der Waals surface area contributed by atoms with E-state index < -0.39 is 5.97 Å². The molecule has 0 bridgehead atoms. The summed E-state index contributed by atoms with van der Waals surface area (Å²) in [7, 11) is 0. The molecule has 0 spiro atoms. The van der Waals surface area contributed by atoms with Gasteiger partial charge in [0.1, 0.15) is 11.4 Å². The van der Waals surface area contributed by atoms with Crippen LogP contribution in [0, 0.1) is 0 Å². The average Bonchev–Trinajstić information content (AvgIpc) is 3.23. The number of amides is 1. The number of rotatable bonds is 4. The van der Waals surface area contributed by atoms with E-state index in [1.165, 1.54) is 0 Å². The summed E-state index contributed by atoms with van der Waals surface area (Å²) in [6.07, 6.45) is 1.74. The number of hydrogen-bond acceptors (Lipinski definition) is 4. The minimum Gasteiger partial charge on any atom is -0.507 e. The van der Waals surface area contributed by atoms with Crippen LogP contribution in [-0.4, -0.2) is 50.3 Å². The molecule has 3 N–H and O–H groups in total. The Hall–Kier alpha value is -3.61. The molecule has 0 unspecified atom stereocenters. The van der Waals surface area contributed by atoms with E-state index in [9.17, 15) is 19.8 Å². The van der Waals surface area contributed by atoms with Crippen molar-refractivity contribution in [3.05, 3.63) is 71.4 Å². The van der Waals surface area contributed by atoms with Gasteiger partial charge < -0.3 is 15.1 Å². The molecular weight excluding hydrogens is 370 g/mol. The van der Waals surface area contributed by atoms with Gasteiger partial charge in [-0.1, -0.05) is 24.3 Å². The number of aromatic amines is 1. The first-order valence-electron chi connectivity index (χ1n) is 9.49. The third-order valence-corrected chi connectivity index (χ3v) is 5.30. The maximum Gasteiger partial charge on any atom is 0.335 e. The lowest BCUT2D eigenvalue weighted by Gasteiger charge is -2.32.